The normalized spacial score (nSPS) is 17.7. The van der Waals surface area contributed by atoms with E-state index in [0.717, 1.165) is 16.5 Å². The molecule has 178 valence electrons. The van der Waals surface area contributed by atoms with Gasteiger partial charge < -0.3 is 14.8 Å². The fourth-order valence-corrected chi connectivity index (χ4v) is 5.95. The number of aromatic nitrogens is 2. The van der Waals surface area contributed by atoms with Crippen molar-refractivity contribution in [3.05, 3.63) is 112 Å². The smallest absolute Gasteiger partial charge is 0.174 e. The van der Waals surface area contributed by atoms with Gasteiger partial charge in [-0.25, -0.2) is 0 Å². The molecule has 0 amide bonds. The Morgan fingerprint density at radius 2 is 1.37 bits per heavy atom. The molecule has 1 aliphatic rings. The highest BCUT2D eigenvalue weighted by Crippen LogP contribution is 2.44. The molecule has 0 aliphatic carbocycles. The van der Waals surface area contributed by atoms with Crippen LogP contribution in [0.5, 0.6) is 0 Å². The first-order valence-electron chi connectivity index (χ1n) is 12.1. The van der Waals surface area contributed by atoms with E-state index in [-0.39, 0.29) is 12.1 Å². The molecular formula is C30H32N4S. The standard InChI is InChI=1S/C30H32N4S/c1-18-11-19(2)14-24(13-18)33-22(5)17-26(23(33)6)29-28(27-9-7-8-10-31-27)32-30(35)34(29)25-15-20(3)12-21(4)16-25/h7-17,28-29H,1-6H3,(H,32,35)/t28-,29-/m0/s1. The fourth-order valence-electron chi connectivity index (χ4n) is 5.60. The number of hydrogen-bond donors (Lipinski definition) is 1. The Labute approximate surface area is 213 Å². The van der Waals surface area contributed by atoms with Crippen LogP contribution in [-0.4, -0.2) is 14.7 Å². The van der Waals surface area contributed by atoms with Crippen LogP contribution in [-0.2, 0) is 0 Å². The zero-order chi connectivity index (χ0) is 24.9. The van der Waals surface area contributed by atoms with Crippen LogP contribution >= 0.6 is 12.2 Å². The van der Waals surface area contributed by atoms with Crippen molar-refractivity contribution in [3.8, 4) is 5.69 Å². The second-order valence-electron chi connectivity index (χ2n) is 9.85. The molecule has 2 aromatic heterocycles. The highest BCUT2D eigenvalue weighted by atomic mass is 32.1. The third kappa shape index (κ3) is 4.25. The summed E-state index contributed by atoms with van der Waals surface area (Å²) in [4.78, 5) is 7.00. The van der Waals surface area contributed by atoms with Crippen molar-refractivity contribution < 1.29 is 0 Å². The Bertz CT molecular complexity index is 1380. The van der Waals surface area contributed by atoms with Crippen LogP contribution in [0, 0.1) is 41.5 Å². The van der Waals surface area contributed by atoms with Gasteiger partial charge in [-0.1, -0.05) is 18.2 Å². The number of aryl methyl sites for hydroxylation is 5. The van der Waals surface area contributed by atoms with E-state index < -0.39 is 0 Å². The minimum Gasteiger partial charge on any atom is -0.351 e. The maximum atomic E-state index is 5.95. The third-order valence-electron chi connectivity index (χ3n) is 6.84. The van der Waals surface area contributed by atoms with Crippen molar-refractivity contribution in [2.45, 2.75) is 53.6 Å². The highest BCUT2D eigenvalue weighted by Gasteiger charge is 2.42. The summed E-state index contributed by atoms with van der Waals surface area (Å²) in [5, 5.41) is 4.33. The van der Waals surface area contributed by atoms with Crippen LogP contribution in [0.3, 0.4) is 0 Å². The van der Waals surface area contributed by atoms with Gasteiger partial charge in [-0.2, -0.15) is 0 Å². The molecule has 1 saturated heterocycles. The molecule has 0 radical (unpaired) electrons. The lowest BCUT2D eigenvalue weighted by molar-refractivity contribution is 0.565. The zero-order valence-corrected chi connectivity index (χ0v) is 22.1. The zero-order valence-electron chi connectivity index (χ0n) is 21.3. The van der Waals surface area contributed by atoms with E-state index in [0.29, 0.717) is 0 Å². The van der Waals surface area contributed by atoms with Crippen molar-refractivity contribution >= 4 is 23.0 Å². The van der Waals surface area contributed by atoms with E-state index >= 15 is 0 Å². The first kappa shape index (κ1) is 23.3. The number of anilines is 1. The minimum absolute atomic E-state index is 0.0237. The molecule has 3 heterocycles. The molecular weight excluding hydrogens is 448 g/mol. The van der Waals surface area contributed by atoms with Crippen molar-refractivity contribution in [2.24, 2.45) is 0 Å². The van der Waals surface area contributed by atoms with Gasteiger partial charge in [0.15, 0.2) is 5.11 Å². The molecule has 4 nitrogen and oxygen atoms in total. The summed E-state index contributed by atoms with van der Waals surface area (Å²) in [7, 11) is 0. The number of benzene rings is 2. The van der Waals surface area contributed by atoms with Crippen molar-refractivity contribution in [1.29, 1.82) is 0 Å². The topological polar surface area (TPSA) is 33.1 Å². The van der Waals surface area contributed by atoms with Crippen molar-refractivity contribution in [1.82, 2.24) is 14.9 Å². The maximum absolute atomic E-state index is 5.95. The molecule has 1 fully saturated rings. The van der Waals surface area contributed by atoms with Gasteiger partial charge in [0.25, 0.3) is 0 Å². The molecule has 4 aromatic rings. The molecule has 1 N–H and O–H groups in total. The third-order valence-corrected chi connectivity index (χ3v) is 7.15. The number of nitrogens with zero attached hydrogens (tertiary/aromatic N) is 3. The van der Waals surface area contributed by atoms with Crippen LogP contribution in [0.4, 0.5) is 5.69 Å². The summed E-state index contributed by atoms with van der Waals surface area (Å²) in [6.45, 7) is 13.0. The Balaban J connectivity index is 1.71. The largest absolute Gasteiger partial charge is 0.351 e. The molecule has 2 atom stereocenters. The number of thiocarbonyl (C=S) groups is 1. The summed E-state index contributed by atoms with van der Waals surface area (Å²) in [6, 6.07) is 21.7. The number of pyridine rings is 1. The summed E-state index contributed by atoms with van der Waals surface area (Å²) in [6.07, 6.45) is 1.86. The average molecular weight is 481 g/mol. The van der Waals surface area contributed by atoms with Gasteiger partial charge in [-0.3, -0.25) is 4.98 Å². The number of hydrogen-bond acceptors (Lipinski definition) is 2. The molecule has 0 spiro atoms. The molecule has 0 saturated carbocycles. The average Bonchev–Trinajstić information content (AvgIpc) is 3.28. The summed E-state index contributed by atoms with van der Waals surface area (Å²) < 4.78 is 2.37. The van der Waals surface area contributed by atoms with Gasteiger partial charge in [0, 0.05) is 29.0 Å². The first-order chi connectivity index (χ1) is 16.7. The highest BCUT2D eigenvalue weighted by molar-refractivity contribution is 7.80. The van der Waals surface area contributed by atoms with E-state index in [2.05, 4.69) is 105 Å². The monoisotopic (exact) mass is 480 g/mol. The van der Waals surface area contributed by atoms with E-state index in [4.69, 9.17) is 17.2 Å². The molecule has 1 aliphatic heterocycles. The predicted molar refractivity (Wildman–Crippen MR) is 149 cm³/mol. The molecule has 0 unspecified atom stereocenters. The second-order valence-corrected chi connectivity index (χ2v) is 10.2. The lowest BCUT2D eigenvalue weighted by atomic mass is 9.96. The summed E-state index contributed by atoms with van der Waals surface area (Å²) in [5.41, 5.74) is 12.0. The van der Waals surface area contributed by atoms with Crippen molar-refractivity contribution in [3.63, 3.8) is 0 Å². The molecule has 2 aromatic carbocycles. The quantitative estimate of drug-likeness (QED) is 0.322. The molecule has 35 heavy (non-hydrogen) atoms. The van der Waals surface area contributed by atoms with E-state index in [9.17, 15) is 0 Å². The predicted octanol–water partition coefficient (Wildman–Crippen LogP) is 6.90. The maximum Gasteiger partial charge on any atom is 0.174 e. The van der Waals surface area contributed by atoms with Gasteiger partial charge >= 0.3 is 0 Å². The van der Waals surface area contributed by atoms with Gasteiger partial charge in [0.05, 0.1) is 17.8 Å². The van der Waals surface area contributed by atoms with Gasteiger partial charge in [-0.05, 0) is 124 Å². The molecule has 5 rings (SSSR count). The lowest BCUT2D eigenvalue weighted by Crippen LogP contribution is -2.29. The van der Waals surface area contributed by atoms with E-state index in [1.807, 2.05) is 18.3 Å². The second kappa shape index (κ2) is 8.97. The van der Waals surface area contributed by atoms with E-state index in [1.54, 1.807) is 0 Å². The molecule has 5 heteroatoms. The SMILES string of the molecule is Cc1cc(C)cc(N2C(=S)N[C@@H](c3ccccn3)[C@@H]2c2cc(C)n(-c3cc(C)cc(C)c3)c2C)c1. The van der Waals surface area contributed by atoms with Crippen LogP contribution in [0.25, 0.3) is 5.69 Å². The summed E-state index contributed by atoms with van der Waals surface area (Å²) >= 11 is 5.95. The van der Waals surface area contributed by atoms with Crippen LogP contribution < -0.4 is 10.2 Å². The van der Waals surface area contributed by atoms with Crippen molar-refractivity contribution in [2.75, 3.05) is 4.90 Å². The molecule has 0 bridgehead atoms. The lowest BCUT2D eigenvalue weighted by Gasteiger charge is -2.29. The van der Waals surface area contributed by atoms with Gasteiger partial charge in [0.1, 0.15) is 0 Å². The van der Waals surface area contributed by atoms with Gasteiger partial charge in [0.2, 0.25) is 0 Å². The Morgan fingerprint density at radius 1 is 0.771 bits per heavy atom. The first-order valence-corrected chi connectivity index (χ1v) is 12.5. The van der Waals surface area contributed by atoms with Crippen LogP contribution in [0.2, 0.25) is 0 Å². The summed E-state index contributed by atoms with van der Waals surface area (Å²) in [5.74, 6) is 0. The minimum atomic E-state index is -0.0577. The van der Waals surface area contributed by atoms with Crippen LogP contribution in [0.15, 0.2) is 66.9 Å². The van der Waals surface area contributed by atoms with Gasteiger partial charge in [-0.15, -0.1) is 0 Å². The number of nitrogens with one attached hydrogen (secondary N) is 1. The number of rotatable bonds is 4. The Kier molecular flexibility index (Phi) is 5.97. The Morgan fingerprint density at radius 3 is 1.94 bits per heavy atom. The van der Waals surface area contributed by atoms with E-state index in [1.165, 1.54) is 44.9 Å². The fraction of sp³-hybridized carbons (Fsp3) is 0.267. The van der Waals surface area contributed by atoms with Crippen LogP contribution in [0.1, 0.15) is 57.0 Å². The Hall–Kier alpha value is -3.44.